The van der Waals surface area contributed by atoms with Crippen molar-refractivity contribution in [2.45, 2.75) is 26.3 Å². The van der Waals surface area contributed by atoms with Crippen molar-refractivity contribution in [2.24, 2.45) is 0 Å². The highest BCUT2D eigenvalue weighted by Crippen LogP contribution is 2.14. The molecule has 0 bridgehead atoms. The van der Waals surface area contributed by atoms with Crippen LogP contribution in [0.4, 0.5) is 5.82 Å². The Morgan fingerprint density at radius 1 is 1.12 bits per heavy atom. The van der Waals surface area contributed by atoms with Crippen LogP contribution in [0, 0.1) is 6.92 Å². The summed E-state index contributed by atoms with van der Waals surface area (Å²) in [5.74, 6) is 0.330. The van der Waals surface area contributed by atoms with Gasteiger partial charge in [0.05, 0.1) is 11.8 Å². The summed E-state index contributed by atoms with van der Waals surface area (Å²) in [7, 11) is 0. The molecular formula is C18H24N6O2. The zero-order valence-corrected chi connectivity index (χ0v) is 15.1. The van der Waals surface area contributed by atoms with Crippen LogP contribution in [0.2, 0.25) is 0 Å². The highest BCUT2D eigenvalue weighted by atomic mass is 16.2. The first-order valence-electron chi connectivity index (χ1n) is 8.76. The van der Waals surface area contributed by atoms with Crippen molar-refractivity contribution in [3.63, 3.8) is 0 Å². The topological polar surface area (TPSA) is 97.4 Å². The van der Waals surface area contributed by atoms with Crippen LogP contribution in [-0.2, 0) is 4.79 Å². The van der Waals surface area contributed by atoms with E-state index in [2.05, 4.69) is 10.1 Å². The summed E-state index contributed by atoms with van der Waals surface area (Å²) >= 11 is 0. The number of aryl methyl sites for hydroxylation is 1. The van der Waals surface area contributed by atoms with Crippen molar-refractivity contribution in [2.75, 3.05) is 31.9 Å². The lowest BCUT2D eigenvalue weighted by atomic mass is 10.2. The van der Waals surface area contributed by atoms with Gasteiger partial charge < -0.3 is 15.5 Å². The molecule has 0 aliphatic carbocycles. The molecule has 1 unspecified atom stereocenters. The van der Waals surface area contributed by atoms with Gasteiger partial charge in [-0.2, -0.15) is 5.10 Å². The Morgan fingerprint density at radius 3 is 2.50 bits per heavy atom. The SMILES string of the molecule is Cc1cnn(C(C)C(=O)N2CCCN(C(=O)c3ccc(N)nc3)CC2)c1. The zero-order chi connectivity index (χ0) is 18.7. The largest absolute Gasteiger partial charge is 0.384 e. The fourth-order valence-corrected chi connectivity index (χ4v) is 3.08. The number of aromatic nitrogens is 3. The van der Waals surface area contributed by atoms with E-state index in [0.717, 1.165) is 12.0 Å². The number of nitrogens with two attached hydrogens (primary N) is 1. The van der Waals surface area contributed by atoms with Gasteiger partial charge in [-0.25, -0.2) is 4.98 Å². The molecule has 8 nitrogen and oxygen atoms in total. The van der Waals surface area contributed by atoms with Crippen LogP contribution in [-0.4, -0.2) is 62.6 Å². The van der Waals surface area contributed by atoms with E-state index in [1.165, 1.54) is 6.20 Å². The number of carbonyl (C=O) groups excluding carboxylic acids is 2. The van der Waals surface area contributed by atoms with Gasteiger partial charge in [0.25, 0.3) is 5.91 Å². The molecule has 1 aliphatic heterocycles. The molecule has 1 atom stereocenters. The molecule has 2 aromatic heterocycles. The number of hydrogen-bond acceptors (Lipinski definition) is 5. The molecule has 26 heavy (non-hydrogen) atoms. The Labute approximate surface area is 152 Å². The fourth-order valence-electron chi connectivity index (χ4n) is 3.08. The second kappa shape index (κ2) is 7.55. The molecule has 3 rings (SSSR count). The third-order valence-corrected chi connectivity index (χ3v) is 4.61. The predicted octanol–water partition coefficient (Wildman–Crippen LogP) is 1.10. The van der Waals surface area contributed by atoms with E-state index in [1.54, 1.807) is 27.9 Å². The van der Waals surface area contributed by atoms with E-state index < -0.39 is 0 Å². The van der Waals surface area contributed by atoms with Crippen molar-refractivity contribution in [3.8, 4) is 0 Å². The molecule has 0 aromatic carbocycles. The minimum absolute atomic E-state index is 0.0246. The molecule has 0 spiro atoms. The van der Waals surface area contributed by atoms with E-state index in [9.17, 15) is 9.59 Å². The second-order valence-corrected chi connectivity index (χ2v) is 6.62. The third-order valence-electron chi connectivity index (χ3n) is 4.61. The molecule has 1 saturated heterocycles. The van der Waals surface area contributed by atoms with Gasteiger partial charge in [0.1, 0.15) is 11.9 Å². The molecule has 138 valence electrons. The minimum atomic E-state index is -0.354. The molecule has 3 heterocycles. The van der Waals surface area contributed by atoms with Crippen molar-refractivity contribution >= 4 is 17.6 Å². The second-order valence-electron chi connectivity index (χ2n) is 6.62. The van der Waals surface area contributed by atoms with Gasteiger partial charge in [-0.3, -0.25) is 14.3 Å². The Morgan fingerprint density at radius 2 is 1.85 bits per heavy atom. The Bertz CT molecular complexity index is 785. The number of nitrogens with zero attached hydrogens (tertiary/aromatic N) is 5. The van der Waals surface area contributed by atoms with E-state index in [0.29, 0.717) is 37.6 Å². The molecule has 2 amide bonds. The average Bonchev–Trinajstić information content (AvgIpc) is 2.93. The van der Waals surface area contributed by atoms with E-state index in [1.807, 2.05) is 24.9 Å². The summed E-state index contributed by atoms with van der Waals surface area (Å²) in [6, 6.07) is 2.95. The quantitative estimate of drug-likeness (QED) is 0.888. The Balaban J connectivity index is 1.63. The van der Waals surface area contributed by atoms with Gasteiger partial charge >= 0.3 is 0 Å². The number of anilines is 1. The summed E-state index contributed by atoms with van der Waals surface area (Å²) in [4.78, 5) is 33.0. The Hall–Kier alpha value is -2.90. The summed E-state index contributed by atoms with van der Waals surface area (Å²) in [6.07, 6.45) is 5.84. The van der Waals surface area contributed by atoms with E-state index in [4.69, 9.17) is 5.73 Å². The highest BCUT2D eigenvalue weighted by molar-refractivity contribution is 5.94. The molecule has 2 N–H and O–H groups in total. The molecule has 1 aliphatic rings. The van der Waals surface area contributed by atoms with Crippen LogP contribution in [0.3, 0.4) is 0 Å². The fraction of sp³-hybridized carbons (Fsp3) is 0.444. The average molecular weight is 356 g/mol. The minimum Gasteiger partial charge on any atom is -0.384 e. The van der Waals surface area contributed by atoms with Crippen molar-refractivity contribution in [3.05, 3.63) is 41.9 Å². The standard InChI is InChI=1S/C18H24N6O2/c1-13-10-21-24(12-13)14(2)17(25)22-6-3-7-23(9-8-22)18(26)15-4-5-16(19)20-11-15/h4-5,10-12,14H,3,6-9H2,1-2H3,(H2,19,20). The van der Waals surface area contributed by atoms with Crippen LogP contribution in [0.15, 0.2) is 30.7 Å². The van der Waals surface area contributed by atoms with Crippen LogP contribution in [0.25, 0.3) is 0 Å². The normalized spacial score (nSPS) is 16.2. The van der Waals surface area contributed by atoms with Gasteiger partial charge in [-0.1, -0.05) is 0 Å². The van der Waals surface area contributed by atoms with Crippen molar-refractivity contribution in [1.82, 2.24) is 24.6 Å². The predicted molar refractivity (Wildman–Crippen MR) is 97.4 cm³/mol. The zero-order valence-electron chi connectivity index (χ0n) is 15.1. The molecular weight excluding hydrogens is 332 g/mol. The number of nitrogen functional groups attached to an aromatic ring is 1. The maximum Gasteiger partial charge on any atom is 0.255 e. The Kier molecular flexibility index (Phi) is 5.20. The molecule has 0 radical (unpaired) electrons. The van der Waals surface area contributed by atoms with Crippen LogP contribution in [0.1, 0.15) is 35.3 Å². The van der Waals surface area contributed by atoms with Gasteiger partial charge in [-0.05, 0) is 38.0 Å². The van der Waals surface area contributed by atoms with Gasteiger partial charge in [-0.15, -0.1) is 0 Å². The van der Waals surface area contributed by atoms with Gasteiger partial charge in [0, 0.05) is 38.6 Å². The molecule has 1 fully saturated rings. The lowest BCUT2D eigenvalue weighted by Crippen LogP contribution is -2.40. The number of amides is 2. The number of carbonyl (C=O) groups is 2. The first kappa shape index (κ1) is 17.9. The number of rotatable bonds is 3. The lowest BCUT2D eigenvalue weighted by Gasteiger charge is -2.25. The van der Waals surface area contributed by atoms with E-state index >= 15 is 0 Å². The molecule has 2 aromatic rings. The maximum atomic E-state index is 12.8. The first-order valence-corrected chi connectivity index (χ1v) is 8.76. The maximum absolute atomic E-state index is 12.8. The molecule has 0 saturated carbocycles. The van der Waals surface area contributed by atoms with Crippen molar-refractivity contribution in [1.29, 1.82) is 0 Å². The summed E-state index contributed by atoms with van der Waals surface area (Å²) in [5.41, 5.74) is 7.11. The van der Waals surface area contributed by atoms with Gasteiger partial charge in [0.15, 0.2) is 0 Å². The summed E-state index contributed by atoms with van der Waals surface area (Å²) in [5, 5.41) is 4.23. The summed E-state index contributed by atoms with van der Waals surface area (Å²) < 4.78 is 1.69. The first-order chi connectivity index (χ1) is 12.5. The monoisotopic (exact) mass is 356 g/mol. The van der Waals surface area contributed by atoms with Gasteiger partial charge in [0.2, 0.25) is 5.91 Å². The number of pyridine rings is 1. The van der Waals surface area contributed by atoms with Crippen molar-refractivity contribution < 1.29 is 9.59 Å². The van der Waals surface area contributed by atoms with Crippen LogP contribution < -0.4 is 5.73 Å². The smallest absolute Gasteiger partial charge is 0.255 e. The number of hydrogen-bond donors (Lipinski definition) is 1. The molecule has 8 heteroatoms. The van der Waals surface area contributed by atoms with Crippen LogP contribution >= 0.6 is 0 Å². The summed E-state index contributed by atoms with van der Waals surface area (Å²) in [6.45, 7) is 6.05. The third kappa shape index (κ3) is 3.84. The van der Waals surface area contributed by atoms with E-state index in [-0.39, 0.29) is 17.9 Å². The van der Waals surface area contributed by atoms with Crippen LogP contribution in [0.5, 0.6) is 0 Å². The highest BCUT2D eigenvalue weighted by Gasteiger charge is 2.26. The lowest BCUT2D eigenvalue weighted by molar-refractivity contribution is -0.134.